The zero-order valence-corrected chi connectivity index (χ0v) is 19.6. The molecule has 174 valence electrons. The van der Waals surface area contributed by atoms with Gasteiger partial charge in [0, 0.05) is 11.3 Å². The predicted octanol–water partition coefficient (Wildman–Crippen LogP) is 5.38. The van der Waals surface area contributed by atoms with Crippen LogP contribution in [0, 0.1) is 13.8 Å². The van der Waals surface area contributed by atoms with Crippen LogP contribution >= 0.6 is 0 Å². The molecule has 0 aliphatic heterocycles. The lowest BCUT2D eigenvalue weighted by molar-refractivity contribution is 0.252. The van der Waals surface area contributed by atoms with Crippen molar-refractivity contribution in [1.29, 1.82) is 0 Å². The van der Waals surface area contributed by atoms with Gasteiger partial charge < -0.3 is 15.4 Å². The molecule has 0 atom stereocenters. The molecular formula is C25H32N6O2. The minimum Gasteiger partial charge on any atom is -0.458 e. The lowest BCUT2D eigenvalue weighted by Gasteiger charge is -2.13. The number of hydrogen-bond donors (Lipinski definition) is 4. The molecule has 0 aromatic carbocycles. The van der Waals surface area contributed by atoms with Gasteiger partial charge in [-0.25, -0.2) is 15.2 Å². The SMILES string of the molecule is C=C/C=C\C(=C/CC)OC(=CC)/C=C\C(=C)Nc1c(C)cnn2cc(NC(=O)NN)c(C)c12. The van der Waals surface area contributed by atoms with Gasteiger partial charge in [-0.2, -0.15) is 5.10 Å². The zero-order chi connectivity index (χ0) is 24.4. The van der Waals surface area contributed by atoms with Gasteiger partial charge in [0.15, 0.2) is 0 Å². The Morgan fingerprint density at radius 3 is 2.64 bits per heavy atom. The summed E-state index contributed by atoms with van der Waals surface area (Å²) in [5.41, 5.74) is 6.75. The number of carbonyl (C=O) groups excluding carboxylic acids is 1. The van der Waals surface area contributed by atoms with Gasteiger partial charge in [-0.05, 0) is 63.1 Å². The highest BCUT2D eigenvalue weighted by Gasteiger charge is 2.15. The highest BCUT2D eigenvalue weighted by atomic mass is 16.5. The van der Waals surface area contributed by atoms with Gasteiger partial charge in [0.05, 0.1) is 29.3 Å². The second-order valence-corrected chi connectivity index (χ2v) is 7.15. The largest absolute Gasteiger partial charge is 0.458 e. The Morgan fingerprint density at radius 2 is 2.00 bits per heavy atom. The molecule has 8 heteroatoms. The van der Waals surface area contributed by atoms with Crippen LogP contribution in [0.5, 0.6) is 0 Å². The summed E-state index contributed by atoms with van der Waals surface area (Å²) in [6.45, 7) is 15.6. The van der Waals surface area contributed by atoms with E-state index in [1.165, 1.54) is 0 Å². The third-order valence-corrected chi connectivity index (χ3v) is 4.68. The molecule has 33 heavy (non-hydrogen) atoms. The summed E-state index contributed by atoms with van der Waals surface area (Å²) in [5.74, 6) is 6.60. The molecule has 2 heterocycles. The molecule has 0 fully saturated rings. The van der Waals surface area contributed by atoms with Crippen molar-refractivity contribution in [1.82, 2.24) is 15.0 Å². The van der Waals surface area contributed by atoms with Crippen LogP contribution in [-0.2, 0) is 4.74 Å². The Kier molecular flexibility index (Phi) is 9.26. The molecule has 5 N–H and O–H groups in total. The van der Waals surface area contributed by atoms with Crippen LogP contribution in [0.25, 0.3) is 5.52 Å². The van der Waals surface area contributed by atoms with E-state index in [1.54, 1.807) is 23.0 Å². The first-order valence-corrected chi connectivity index (χ1v) is 10.6. The van der Waals surface area contributed by atoms with Crippen LogP contribution in [0.15, 0.2) is 85.3 Å². The quantitative estimate of drug-likeness (QED) is 0.128. The number of allylic oxidation sites excluding steroid dienone is 7. The van der Waals surface area contributed by atoms with Gasteiger partial charge in [0.1, 0.15) is 11.5 Å². The van der Waals surface area contributed by atoms with Crippen molar-refractivity contribution < 1.29 is 9.53 Å². The number of nitrogens with zero attached hydrogens (tertiary/aromatic N) is 2. The summed E-state index contributed by atoms with van der Waals surface area (Å²) in [7, 11) is 0. The van der Waals surface area contributed by atoms with Crippen molar-refractivity contribution in [3.63, 3.8) is 0 Å². The van der Waals surface area contributed by atoms with Crippen LogP contribution in [0.1, 0.15) is 31.4 Å². The molecule has 0 spiro atoms. The number of aromatic nitrogens is 2. The van der Waals surface area contributed by atoms with Crippen molar-refractivity contribution in [2.45, 2.75) is 34.1 Å². The number of aryl methyl sites for hydroxylation is 2. The Hall–Kier alpha value is -4.04. The maximum atomic E-state index is 11.6. The highest BCUT2D eigenvalue weighted by molar-refractivity contribution is 5.93. The second-order valence-electron chi connectivity index (χ2n) is 7.15. The molecule has 8 nitrogen and oxygen atoms in total. The fourth-order valence-corrected chi connectivity index (χ4v) is 3.04. The van der Waals surface area contributed by atoms with E-state index in [9.17, 15) is 4.79 Å². The molecule has 2 aromatic rings. The van der Waals surface area contributed by atoms with E-state index in [0.717, 1.165) is 34.5 Å². The molecule has 0 saturated carbocycles. The number of fused-ring (bicyclic) bond motifs is 1. The van der Waals surface area contributed by atoms with Crippen LogP contribution in [0.3, 0.4) is 0 Å². The lowest BCUT2D eigenvalue weighted by atomic mass is 10.2. The summed E-state index contributed by atoms with van der Waals surface area (Å²) in [6, 6.07) is -0.508. The predicted molar refractivity (Wildman–Crippen MR) is 135 cm³/mol. The normalized spacial score (nSPS) is 12.4. The maximum Gasteiger partial charge on any atom is 0.333 e. The number of ether oxygens (including phenoxy) is 1. The molecule has 2 amide bonds. The number of anilines is 2. The van der Waals surface area contributed by atoms with Gasteiger partial charge in [-0.15, -0.1) is 0 Å². The molecular weight excluding hydrogens is 416 g/mol. The van der Waals surface area contributed by atoms with Crippen LogP contribution < -0.4 is 21.9 Å². The summed E-state index contributed by atoms with van der Waals surface area (Å²) >= 11 is 0. The fourth-order valence-electron chi connectivity index (χ4n) is 3.04. The number of rotatable bonds is 10. The first-order chi connectivity index (χ1) is 15.8. The van der Waals surface area contributed by atoms with Crippen LogP contribution in [-0.4, -0.2) is 15.6 Å². The maximum absolute atomic E-state index is 11.6. The monoisotopic (exact) mass is 448 g/mol. The fraction of sp³-hybridized carbons (Fsp3) is 0.200. The van der Waals surface area contributed by atoms with Gasteiger partial charge >= 0.3 is 6.03 Å². The second kappa shape index (κ2) is 12.1. The summed E-state index contributed by atoms with van der Waals surface area (Å²) in [4.78, 5) is 11.6. The molecule has 2 aromatic heterocycles. The average molecular weight is 449 g/mol. The number of carbonyl (C=O) groups is 1. The minimum atomic E-state index is -0.508. The Morgan fingerprint density at radius 1 is 1.24 bits per heavy atom. The standard InChI is InChI=1S/C25H32N6O2/c1-7-10-12-21(11-8-2)33-20(9-3)14-13-18(5)28-23-17(4)15-27-31-16-22(19(6)24(23)31)29-25(32)30-26/h7,9-16,28H,1,5,8,26H2,2-4,6H3,(H2,29,30,32)/b12-10-,14-13-,20-9?,21-11+. The topological polar surface area (TPSA) is 106 Å². The number of urea groups is 1. The molecule has 0 aliphatic carbocycles. The van der Waals surface area contributed by atoms with E-state index in [4.69, 9.17) is 10.6 Å². The van der Waals surface area contributed by atoms with Crippen molar-refractivity contribution in [3.05, 3.63) is 96.4 Å². The van der Waals surface area contributed by atoms with Crippen molar-refractivity contribution in [2.75, 3.05) is 10.6 Å². The third-order valence-electron chi connectivity index (χ3n) is 4.68. The lowest BCUT2D eigenvalue weighted by Crippen LogP contribution is -2.34. The molecule has 0 aliphatic rings. The summed E-state index contributed by atoms with van der Waals surface area (Å²) < 4.78 is 7.66. The van der Waals surface area contributed by atoms with Crippen molar-refractivity contribution in [2.24, 2.45) is 5.84 Å². The van der Waals surface area contributed by atoms with Crippen molar-refractivity contribution in [3.8, 4) is 0 Å². The smallest absolute Gasteiger partial charge is 0.333 e. The molecule has 0 bridgehead atoms. The van der Waals surface area contributed by atoms with E-state index < -0.39 is 6.03 Å². The van der Waals surface area contributed by atoms with Gasteiger partial charge in [0.25, 0.3) is 0 Å². The molecule has 0 saturated heterocycles. The van der Waals surface area contributed by atoms with Crippen LogP contribution in [0.4, 0.5) is 16.2 Å². The Balaban J connectivity index is 2.26. The molecule has 0 radical (unpaired) electrons. The van der Waals surface area contributed by atoms with Crippen molar-refractivity contribution >= 4 is 22.9 Å². The summed E-state index contributed by atoms with van der Waals surface area (Å²) in [5, 5.41) is 10.4. The van der Waals surface area contributed by atoms with E-state index >= 15 is 0 Å². The Labute approximate surface area is 194 Å². The van der Waals surface area contributed by atoms with E-state index in [0.29, 0.717) is 17.1 Å². The van der Waals surface area contributed by atoms with E-state index in [2.05, 4.69) is 34.3 Å². The van der Waals surface area contributed by atoms with Gasteiger partial charge in [-0.1, -0.05) is 32.2 Å². The van der Waals surface area contributed by atoms with E-state index in [-0.39, 0.29) is 0 Å². The average Bonchev–Trinajstić information content (AvgIpc) is 3.11. The van der Waals surface area contributed by atoms with Gasteiger partial charge in [-0.3, -0.25) is 5.43 Å². The number of nitrogens with one attached hydrogen (secondary N) is 3. The third kappa shape index (κ3) is 6.72. The minimum absolute atomic E-state index is 0.508. The first kappa shape index (κ1) is 25.2. The number of hydrazine groups is 1. The van der Waals surface area contributed by atoms with Gasteiger partial charge in [0.2, 0.25) is 0 Å². The molecule has 2 rings (SSSR count). The number of amides is 2. The first-order valence-electron chi connectivity index (χ1n) is 10.6. The zero-order valence-electron chi connectivity index (χ0n) is 19.6. The Bertz CT molecular complexity index is 1150. The highest BCUT2D eigenvalue weighted by Crippen LogP contribution is 2.31. The molecule has 0 unspecified atom stereocenters. The van der Waals surface area contributed by atoms with E-state index in [1.807, 2.05) is 64.2 Å². The summed E-state index contributed by atoms with van der Waals surface area (Å²) in [6.07, 6.45) is 17.3. The number of nitrogens with two attached hydrogens (primary N) is 1. The van der Waals surface area contributed by atoms with Crippen LogP contribution in [0.2, 0.25) is 0 Å². The number of hydrogen-bond acceptors (Lipinski definition) is 5.